The quantitative estimate of drug-likeness (QED) is 0.788. The van der Waals surface area contributed by atoms with E-state index in [9.17, 15) is 8.42 Å². The van der Waals surface area contributed by atoms with Crippen LogP contribution in [0.2, 0.25) is 0 Å². The van der Waals surface area contributed by atoms with E-state index in [1.807, 2.05) is 0 Å². The van der Waals surface area contributed by atoms with E-state index in [0.29, 0.717) is 5.82 Å². The molecule has 0 aliphatic carbocycles. The summed E-state index contributed by atoms with van der Waals surface area (Å²) in [5, 5.41) is 0. The number of rotatable bonds is 4. The number of benzene rings is 1. The molecule has 1 N–H and O–H groups in total. The van der Waals surface area contributed by atoms with Crippen molar-refractivity contribution in [2.24, 2.45) is 0 Å². The molecule has 21 heavy (non-hydrogen) atoms. The fourth-order valence-corrected chi connectivity index (χ4v) is 2.76. The second kappa shape index (κ2) is 5.33. The predicted molar refractivity (Wildman–Crippen MR) is 76.4 cm³/mol. The van der Waals surface area contributed by atoms with Gasteiger partial charge in [0, 0.05) is 18.5 Å². The van der Waals surface area contributed by atoms with E-state index >= 15 is 0 Å². The number of imidazole rings is 1. The molecule has 8 heteroatoms. The number of hydrogen-bond donors (Lipinski definition) is 1. The Balaban J connectivity index is 1.91. The summed E-state index contributed by atoms with van der Waals surface area (Å²) in [5.74, 6) is 0.714. The SMILES string of the molecule is O=S(=O)(Nc1cc(-n2ccnc2)ncn1)c1ccccc1. The molecule has 106 valence electrons. The van der Waals surface area contributed by atoms with Crippen LogP contribution in [0, 0.1) is 0 Å². The molecule has 0 unspecified atom stereocenters. The summed E-state index contributed by atoms with van der Waals surface area (Å²) >= 11 is 0. The predicted octanol–water partition coefficient (Wildman–Crippen LogP) is 1.46. The minimum Gasteiger partial charge on any atom is -0.290 e. The minimum atomic E-state index is -3.66. The topological polar surface area (TPSA) is 89.8 Å². The molecular formula is C13H11N5O2S. The molecule has 3 aromatic rings. The molecule has 7 nitrogen and oxygen atoms in total. The van der Waals surface area contributed by atoms with Gasteiger partial charge in [0.25, 0.3) is 10.0 Å². The molecule has 0 amide bonds. The van der Waals surface area contributed by atoms with Gasteiger partial charge < -0.3 is 0 Å². The first-order valence-electron chi connectivity index (χ1n) is 6.03. The molecule has 3 rings (SSSR count). The van der Waals surface area contributed by atoms with Gasteiger partial charge in [0.05, 0.1) is 4.90 Å². The Morgan fingerprint density at radius 1 is 1.10 bits per heavy atom. The third-order valence-corrected chi connectivity index (χ3v) is 4.08. The third-order valence-electron chi connectivity index (χ3n) is 2.71. The molecule has 0 fully saturated rings. The molecule has 0 aliphatic heterocycles. The lowest BCUT2D eigenvalue weighted by molar-refractivity contribution is 0.601. The van der Waals surface area contributed by atoms with Crippen LogP contribution in [0.15, 0.2) is 66.3 Å². The minimum absolute atomic E-state index is 0.174. The van der Waals surface area contributed by atoms with Gasteiger partial charge in [0.15, 0.2) is 0 Å². The fourth-order valence-electron chi connectivity index (χ4n) is 1.73. The first-order valence-corrected chi connectivity index (χ1v) is 7.52. The van der Waals surface area contributed by atoms with Crippen LogP contribution >= 0.6 is 0 Å². The number of aromatic nitrogens is 4. The first-order chi connectivity index (χ1) is 10.1. The molecule has 0 bridgehead atoms. The summed E-state index contributed by atoms with van der Waals surface area (Å²) in [7, 11) is -3.66. The number of nitrogens with one attached hydrogen (secondary N) is 1. The van der Waals surface area contributed by atoms with Gasteiger partial charge in [-0.25, -0.2) is 23.4 Å². The highest BCUT2D eigenvalue weighted by atomic mass is 32.2. The first kappa shape index (κ1) is 13.3. The van der Waals surface area contributed by atoms with E-state index in [2.05, 4.69) is 19.7 Å². The van der Waals surface area contributed by atoms with Crippen molar-refractivity contribution in [2.45, 2.75) is 4.90 Å². The summed E-state index contributed by atoms with van der Waals surface area (Å²) in [6.45, 7) is 0. The Kier molecular flexibility index (Phi) is 3.36. The molecule has 0 spiro atoms. The molecular weight excluding hydrogens is 290 g/mol. The van der Waals surface area contributed by atoms with Crippen molar-refractivity contribution in [2.75, 3.05) is 4.72 Å². The molecule has 0 atom stereocenters. The van der Waals surface area contributed by atoms with Crippen molar-refractivity contribution in [3.8, 4) is 5.82 Å². The lowest BCUT2D eigenvalue weighted by atomic mass is 10.4. The van der Waals surface area contributed by atoms with E-state index in [-0.39, 0.29) is 10.7 Å². The highest BCUT2D eigenvalue weighted by molar-refractivity contribution is 7.92. The van der Waals surface area contributed by atoms with Gasteiger partial charge in [0.1, 0.15) is 24.3 Å². The highest BCUT2D eigenvalue weighted by Gasteiger charge is 2.14. The molecule has 1 aromatic carbocycles. The second-order valence-corrected chi connectivity index (χ2v) is 5.83. The van der Waals surface area contributed by atoms with Crippen LogP contribution in [0.4, 0.5) is 5.82 Å². The average molecular weight is 301 g/mol. The molecule has 2 heterocycles. The van der Waals surface area contributed by atoms with Crippen LogP contribution in [-0.4, -0.2) is 27.9 Å². The summed E-state index contributed by atoms with van der Waals surface area (Å²) in [5.41, 5.74) is 0. The maximum atomic E-state index is 12.2. The van der Waals surface area contributed by atoms with Crippen LogP contribution in [0.25, 0.3) is 5.82 Å². The number of nitrogens with zero attached hydrogens (tertiary/aromatic N) is 4. The van der Waals surface area contributed by atoms with Crippen molar-refractivity contribution < 1.29 is 8.42 Å². The Labute approximate surface area is 121 Å². The number of hydrogen-bond acceptors (Lipinski definition) is 5. The molecule has 0 aliphatic rings. The van der Waals surface area contributed by atoms with E-state index in [4.69, 9.17) is 0 Å². The van der Waals surface area contributed by atoms with Gasteiger partial charge >= 0.3 is 0 Å². The second-order valence-electron chi connectivity index (χ2n) is 4.15. The zero-order valence-corrected chi connectivity index (χ0v) is 11.6. The normalized spacial score (nSPS) is 11.2. The van der Waals surface area contributed by atoms with Crippen molar-refractivity contribution in [3.05, 3.63) is 61.4 Å². The third kappa shape index (κ3) is 2.90. The van der Waals surface area contributed by atoms with Crippen LogP contribution in [0.1, 0.15) is 0 Å². The van der Waals surface area contributed by atoms with Crippen LogP contribution in [0.5, 0.6) is 0 Å². The lowest BCUT2D eigenvalue weighted by Gasteiger charge is -2.08. The van der Waals surface area contributed by atoms with Crippen molar-refractivity contribution in [3.63, 3.8) is 0 Å². The van der Waals surface area contributed by atoms with Gasteiger partial charge in [0.2, 0.25) is 0 Å². The van der Waals surface area contributed by atoms with Crippen molar-refractivity contribution in [1.82, 2.24) is 19.5 Å². The maximum absolute atomic E-state index is 12.2. The van der Waals surface area contributed by atoms with Crippen molar-refractivity contribution in [1.29, 1.82) is 0 Å². The lowest BCUT2D eigenvalue weighted by Crippen LogP contribution is -2.14. The van der Waals surface area contributed by atoms with E-state index < -0.39 is 10.0 Å². The van der Waals surface area contributed by atoms with E-state index in [1.54, 1.807) is 41.5 Å². The van der Waals surface area contributed by atoms with E-state index in [1.165, 1.54) is 24.5 Å². The fraction of sp³-hybridized carbons (Fsp3) is 0. The zero-order chi connectivity index (χ0) is 14.7. The smallest absolute Gasteiger partial charge is 0.263 e. The summed E-state index contributed by atoms with van der Waals surface area (Å²) in [6.07, 6.45) is 6.17. The summed E-state index contributed by atoms with van der Waals surface area (Å²) in [4.78, 5) is 12.1. The van der Waals surface area contributed by atoms with Crippen molar-refractivity contribution >= 4 is 15.8 Å². The van der Waals surface area contributed by atoms with E-state index in [0.717, 1.165) is 0 Å². The van der Waals surface area contributed by atoms with Crippen LogP contribution in [-0.2, 0) is 10.0 Å². The number of anilines is 1. The molecule has 2 aromatic heterocycles. The largest absolute Gasteiger partial charge is 0.290 e. The zero-order valence-electron chi connectivity index (χ0n) is 10.8. The highest BCUT2D eigenvalue weighted by Crippen LogP contribution is 2.15. The van der Waals surface area contributed by atoms with Crippen LogP contribution in [0.3, 0.4) is 0 Å². The Morgan fingerprint density at radius 3 is 2.62 bits per heavy atom. The Hall–Kier alpha value is -2.74. The summed E-state index contributed by atoms with van der Waals surface area (Å²) in [6, 6.07) is 9.63. The maximum Gasteiger partial charge on any atom is 0.263 e. The van der Waals surface area contributed by atoms with Gasteiger partial charge in [-0.3, -0.25) is 9.29 Å². The number of sulfonamides is 1. The molecule has 0 saturated heterocycles. The van der Waals surface area contributed by atoms with Crippen LogP contribution < -0.4 is 4.72 Å². The molecule has 0 saturated carbocycles. The molecule has 0 radical (unpaired) electrons. The summed E-state index contributed by atoms with van der Waals surface area (Å²) < 4.78 is 28.5. The van der Waals surface area contributed by atoms with Gasteiger partial charge in [-0.05, 0) is 12.1 Å². The average Bonchev–Trinajstić information content (AvgIpc) is 3.02. The van der Waals surface area contributed by atoms with Gasteiger partial charge in [-0.1, -0.05) is 18.2 Å². The standard InChI is InChI=1S/C13H11N5O2S/c19-21(20,11-4-2-1-3-5-11)17-12-8-13(16-9-15-12)18-7-6-14-10-18/h1-10H,(H,15,16,17). The monoisotopic (exact) mass is 301 g/mol. The Bertz CT molecular complexity index is 832. The van der Waals surface area contributed by atoms with Gasteiger partial charge in [-0.2, -0.15) is 0 Å². The van der Waals surface area contributed by atoms with Gasteiger partial charge in [-0.15, -0.1) is 0 Å². The Morgan fingerprint density at radius 2 is 1.90 bits per heavy atom.